The van der Waals surface area contributed by atoms with Gasteiger partial charge in [-0.3, -0.25) is 0 Å². The Morgan fingerprint density at radius 1 is 1.07 bits per heavy atom. The van der Waals surface area contributed by atoms with Gasteiger partial charge in [0, 0.05) is 20.0 Å². The van der Waals surface area contributed by atoms with E-state index in [1.54, 1.807) is 7.11 Å². The Hall–Kier alpha value is -0.843. The normalized spacial score (nSPS) is 10.6. The van der Waals surface area contributed by atoms with Crippen LogP contribution in [0, 0.1) is 22.7 Å². The molecule has 0 saturated heterocycles. The van der Waals surface area contributed by atoms with Crippen molar-refractivity contribution < 1.29 is 4.43 Å². The van der Waals surface area contributed by atoms with Crippen molar-refractivity contribution in [2.75, 3.05) is 7.11 Å². The molecule has 0 radical (unpaired) electrons. The van der Waals surface area contributed by atoms with Crippen LogP contribution >= 0.6 is 0 Å². The van der Waals surface area contributed by atoms with Gasteiger partial charge >= 0.3 is 0 Å². The molecule has 3 nitrogen and oxygen atoms in total. The minimum absolute atomic E-state index is 0.615. The van der Waals surface area contributed by atoms with E-state index in [1.807, 2.05) is 0 Å². The summed E-state index contributed by atoms with van der Waals surface area (Å²) in [5.74, 6) is 0. The van der Waals surface area contributed by atoms with Crippen LogP contribution in [0.15, 0.2) is 0 Å². The molecule has 0 saturated carbocycles. The molecule has 0 fully saturated rings. The van der Waals surface area contributed by atoms with Crippen molar-refractivity contribution in [2.24, 2.45) is 0 Å². The Bertz CT molecular complexity index is 209. The SMILES string of the molecule is CO[Si](C)(CCCC#N)CCCC#N. The molecule has 0 atom stereocenters. The Balaban J connectivity index is 3.81. The van der Waals surface area contributed by atoms with Crippen molar-refractivity contribution in [1.82, 2.24) is 0 Å². The van der Waals surface area contributed by atoms with Crippen molar-refractivity contribution in [2.45, 2.75) is 44.3 Å². The van der Waals surface area contributed by atoms with Crippen LogP contribution in [0.1, 0.15) is 25.7 Å². The number of hydrogen-bond acceptors (Lipinski definition) is 3. The van der Waals surface area contributed by atoms with E-state index in [0.29, 0.717) is 12.8 Å². The molecule has 14 heavy (non-hydrogen) atoms. The fourth-order valence-corrected chi connectivity index (χ4v) is 3.92. The van der Waals surface area contributed by atoms with Crippen LogP contribution in [0.4, 0.5) is 0 Å². The van der Waals surface area contributed by atoms with E-state index in [-0.39, 0.29) is 0 Å². The summed E-state index contributed by atoms with van der Waals surface area (Å²) in [6.45, 7) is 2.18. The summed E-state index contributed by atoms with van der Waals surface area (Å²) in [7, 11) is 0.155. The molecule has 0 rings (SSSR count). The zero-order valence-corrected chi connectivity index (χ0v) is 10.0. The van der Waals surface area contributed by atoms with Crippen LogP contribution in [-0.4, -0.2) is 15.4 Å². The van der Waals surface area contributed by atoms with Crippen LogP contribution < -0.4 is 0 Å². The number of hydrogen-bond donors (Lipinski definition) is 0. The summed E-state index contributed by atoms with van der Waals surface area (Å²) in [4.78, 5) is 0. The lowest BCUT2D eigenvalue weighted by Crippen LogP contribution is -2.32. The molecule has 0 aromatic rings. The zero-order valence-electron chi connectivity index (χ0n) is 9.05. The summed E-state index contributed by atoms with van der Waals surface area (Å²) >= 11 is 0. The van der Waals surface area contributed by atoms with Crippen LogP contribution in [0.2, 0.25) is 18.6 Å². The second-order valence-corrected chi connectivity index (χ2v) is 7.99. The maximum atomic E-state index is 8.43. The number of nitrogens with zero attached hydrogens (tertiary/aromatic N) is 2. The first-order valence-corrected chi connectivity index (χ1v) is 7.80. The molecule has 0 spiro atoms. The van der Waals surface area contributed by atoms with E-state index in [0.717, 1.165) is 24.9 Å². The quantitative estimate of drug-likeness (QED) is 0.479. The molecule has 4 heteroatoms. The highest BCUT2D eigenvalue weighted by atomic mass is 28.4. The van der Waals surface area contributed by atoms with E-state index in [9.17, 15) is 0 Å². The van der Waals surface area contributed by atoms with Gasteiger partial charge in [0.1, 0.15) is 0 Å². The van der Waals surface area contributed by atoms with Gasteiger partial charge in [0.25, 0.3) is 0 Å². The Kier molecular flexibility index (Phi) is 7.10. The molecule has 78 valence electrons. The Morgan fingerprint density at radius 3 is 1.79 bits per heavy atom. The highest BCUT2D eigenvalue weighted by Crippen LogP contribution is 2.21. The van der Waals surface area contributed by atoms with E-state index >= 15 is 0 Å². The minimum Gasteiger partial charge on any atom is -0.420 e. The summed E-state index contributed by atoms with van der Waals surface area (Å²) in [6, 6.07) is 6.35. The molecular formula is C10H18N2OSi. The third-order valence-corrected chi connectivity index (χ3v) is 6.29. The molecule has 0 bridgehead atoms. The fourth-order valence-electron chi connectivity index (χ4n) is 1.41. The summed E-state index contributed by atoms with van der Waals surface area (Å²) < 4.78 is 5.55. The second-order valence-electron chi connectivity index (χ2n) is 3.68. The van der Waals surface area contributed by atoms with Gasteiger partial charge in [0.05, 0.1) is 12.1 Å². The van der Waals surface area contributed by atoms with Crippen molar-refractivity contribution >= 4 is 8.32 Å². The highest BCUT2D eigenvalue weighted by Gasteiger charge is 2.26. The first kappa shape index (κ1) is 13.2. The van der Waals surface area contributed by atoms with Gasteiger partial charge < -0.3 is 4.43 Å². The number of rotatable bonds is 7. The molecule has 0 aliphatic carbocycles. The van der Waals surface area contributed by atoms with Gasteiger partial charge in [-0.1, -0.05) is 0 Å². The molecule has 0 heterocycles. The number of nitriles is 2. The average molecular weight is 210 g/mol. The minimum atomic E-state index is -1.60. The van der Waals surface area contributed by atoms with E-state index in [2.05, 4.69) is 18.7 Å². The van der Waals surface area contributed by atoms with Crippen LogP contribution in [-0.2, 0) is 4.43 Å². The zero-order chi connectivity index (χ0) is 10.9. The second kappa shape index (κ2) is 7.55. The first-order valence-electron chi connectivity index (χ1n) is 4.97. The Labute approximate surface area is 87.4 Å². The van der Waals surface area contributed by atoms with E-state index < -0.39 is 8.32 Å². The first-order chi connectivity index (χ1) is 6.68. The predicted octanol–water partition coefficient (Wildman–Crippen LogP) is 2.82. The van der Waals surface area contributed by atoms with E-state index in [4.69, 9.17) is 14.9 Å². The standard InChI is InChI=1S/C10H18N2OSi/c1-13-14(2,9-5-3-7-11)10-6-4-8-12/h3-6,9-10H2,1-2H3. The lowest BCUT2D eigenvalue weighted by molar-refractivity contribution is 0.393. The van der Waals surface area contributed by atoms with Crippen molar-refractivity contribution in [1.29, 1.82) is 10.5 Å². The Morgan fingerprint density at radius 2 is 1.50 bits per heavy atom. The maximum Gasteiger partial charge on any atom is 0.189 e. The lowest BCUT2D eigenvalue weighted by Gasteiger charge is -2.24. The molecule has 0 aromatic heterocycles. The third-order valence-electron chi connectivity index (χ3n) is 2.48. The van der Waals surface area contributed by atoms with Crippen molar-refractivity contribution in [3.8, 4) is 12.1 Å². The molecular weight excluding hydrogens is 192 g/mol. The lowest BCUT2D eigenvalue weighted by atomic mass is 10.4. The summed E-state index contributed by atoms with van der Waals surface area (Å²) in [5, 5.41) is 16.9. The number of unbranched alkanes of at least 4 members (excludes halogenated alkanes) is 2. The molecule has 0 unspecified atom stereocenters. The molecule has 0 amide bonds. The van der Waals surface area contributed by atoms with Gasteiger partial charge in [-0.25, -0.2) is 0 Å². The van der Waals surface area contributed by atoms with Gasteiger partial charge in [-0.2, -0.15) is 10.5 Å². The van der Waals surface area contributed by atoms with Gasteiger partial charge in [-0.05, 0) is 31.5 Å². The van der Waals surface area contributed by atoms with Gasteiger partial charge in [0.2, 0.25) is 0 Å². The van der Waals surface area contributed by atoms with Crippen LogP contribution in [0.5, 0.6) is 0 Å². The monoisotopic (exact) mass is 210 g/mol. The van der Waals surface area contributed by atoms with Crippen LogP contribution in [0.25, 0.3) is 0 Å². The topological polar surface area (TPSA) is 56.8 Å². The maximum absolute atomic E-state index is 8.43. The predicted molar refractivity (Wildman–Crippen MR) is 57.9 cm³/mol. The molecule has 0 aliphatic heterocycles. The van der Waals surface area contributed by atoms with Gasteiger partial charge in [0.15, 0.2) is 8.32 Å². The molecule has 0 aliphatic rings. The largest absolute Gasteiger partial charge is 0.420 e. The summed E-state index contributed by atoms with van der Waals surface area (Å²) in [6.07, 6.45) is 3.09. The smallest absolute Gasteiger partial charge is 0.189 e. The van der Waals surface area contributed by atoms with Gasteiger partial charge in [-0.15, -0.1) is 0 Å². The molecule has 0 N–H and O–H groups in total. The molecule has 0 aromatic carbocycles. The average Bonchev–Trinajstić information content (AvgIpc) is 2.19. The van der Waals surface area contributed by atoms with Crippen LogP contribution in [0.3, 0.4) is 0 Å². The van der Waals surface area contributed by atoms with Crippen molar-refractivity contribution in [3.63, 3.8) is 0 Å². The summed E-state index contributed by atoms with van der Waals surface area (Å²) in [5.41, 5.74) is 0. The highest BCUT2D eigenvalue weighted by molar-refractivity contribution is 6.72. The fraction of sp³-hybridized carbons (Fsp3) is 0.800. The van der Waals surface area contributed by atoms with E-state index in [1.165, 1.54) is 0 Å². The third kappa shape index (κ3) is 5.74. The van der Waals surface area contributed by atoms with Crippen molar-refractivity contribution in [3.05, 3.63) is 0 Å².